The molecule has 0 saturated heterocycles. The highest BCUT2D eigenvalue weighted by molar-refractivity contribution is 5.29. The Hall–Kier alpha value is -1.09. The quantitative estimate of drug-likeness (QED) is 0.836. The minimum atomic E-state index is -0.277. The summed E-state index contributed by atoms with van der Waals surface area (Å²) in [6.07, 6.45) is 3.91. The van der Waals surface area contributed by atoms with E-state index in [1.54, 1.807) is 12.1 Å². The van der Waals surface area contributed by atoms with Crippen LogP contribution >= 0.6 is 0 Å². The number of hydrogen-bond acceptors (Lipinski definition) is 2. The Morgan fingerprint density at radius 1 is 1.25 bits per heavy atom. The summed E-state index contributed by atoms with van der Waals surface area (Å²) in [5.74, 6) is 0.0981. The van der Waals surface area contributed by atoms with Crippen molar-refractivity contribution in [2.45, 2.75) is 44.8 Å². The summed E-state index contributed by atoms with van der Waals surface area (Å²) >= 11 is 0. The Balaban J connectivity index is 2.00. The number of halogens is 1. The third-order valence-corrected chi connectivity index (χ3v) is 3.10. The lowest BCUT2D eigenvalue weighted by atomic mass is 9.94. The van der Waals surface area contributed by atoms with Crippen LogP contribution in [0.5, 0.6) is 5.75 Å². The van der Waals surface area contributed by atoms with E-state index in [1.165, 1.54) is 6.07 Å². The first-order valence-corrected chi connectivity index (χ1v) is 5.83. The summed E-state index contributed by atoms with van der Waals surface area (Å²) in [5.41, 5.74) is 6.83. The van der Waals surface area contributed by atoms with Gasteiger partial charge >= 0.3 is 0 Å². The van der Waals surface area contributed by atoms with E-state index in [4.69, 9.17) is 10.5 Å². The molecule has 2 rings (SSSR count). The molecule has 3 heteroatoms. The van der Waals surface area contributed by atoms with Crippen molar-refractivity contribution < 1.29 is 9.13 Å². The molecule has 1 saturated carbocycles. The molecule has 0 heterocycles. The van der Waals surface area contributed by atoms with Crippen molar-refractivity contribution in [2.24, 2.45) is 5.73 Å². The van der Waals surface area contributed by atoms with Gasteiger partial charge in [0, 0.05) is 6.04 Å². The molecule has 1 aliphatic carbocycles. The molecular weight excluding hydrogens is 205 g/mol. The number of aryl methyl sites for hydroxylation is 1. The van der Waals surface area contributed by atoms with Gasteiger partial charge in [-0.3, -0.25) is 0 Å². The van der Waals surface area contributed by atoms with Gasteiger partial charge in [0.1, 0.15) is 0 Å². The molecule has 0 aromatic heterocycles. The van der Waals surface area contributed by atoms with Crippen LogP contribution in [0.2, 0.25) is 0 Å². The summed E-state index contributed by atoms with van der Waals surface area (Å²) in [5, 5.41) is 0. The average Bonchev–Trinajstić information content (AvgIpc) is 2.27. The predicted octanol–water partition coefficient (Wildman–Crippen LogP) is 2.78. The van der Waals surface area contributed by atoms with Crippen molar-refractivity contribution in [3.05, 3.63) is 29.6 Å². The zero-order valence-electron chi connectivity index (χ0n) is 9.58. The van der Waals surface area contributed by atoms with Gasteiger partial charge in [0.05, 0.1) is 6.10 Å². The van der Waals surface area contributed by atoms with Crippen LogP contribution < -0.4 is 10.5 Å². The predicted molar refractivity (Wildman–Crippen MR) is 62.0 cm³/mol. The molecule has 2 nitrogen and oxygen atoms in total. The SMILES string of the molecule is Cc1ccc(F)c(OC2CCC(N)CC2)c1. The average molecular weight is 223 g/mol. The minimum absolute atomic E-state index is 0.121. The zero-order valence-corrected chi connectivity index (χ0v) is 9.58. The molecule has 0 atom stereocenters. The molecule has 1 fully saturated rings. The normalized spacial score (nSPS) is 25.4. The van der Waals surface area contributed by atoms with Crippen LogP contribution in [0.4, 0.5) is 4.39 Å². The fraction of sp³-hybridized carbons (Fsp3) is 0.538. The standard InChI is InChI=1S/C13H18FNO/c1-9-2-7-12(14)13(8-9)16-11-5-3-10(15)4-6-11/h2,7-8,10-11H,3-6,15H2,1H3. The molecule has 0 unspecified atom stereocenters. The lowest BCUT2D eigenvalue weighted by Gasteiger charge is -2.27. The minimum Gasteiger partial charge on any atom is -0.487 e. The largest absolute Gasteiger partial charge is 0.487 e. The summed E-state index contributed by atoms with van der Waals surface area (Å²) in [6.45, 7) is 1.93. The fourth-order valence-electron chi connectivity index (χ4n) is 2.09. The lowest BCUT2D eigenvalue weighted by Crippen LogP contribution is -2.31. The Morgan fingerprint density at radius 3 is 2.62 bits per heavy atom. The van der Waals surface area contributed by atoms with E-state index in [2.05, 4.69) is 0 Å². The second-order valence-electron chi connectivity index (χ2n) is 4.59. The van der Waals surface area contributed by atoms with Crippen LogP contribution in [-0.4, -0.2) is 12.1 Å². The van der Waals surface area contributed by atoms with Crippen LogP contribution in [0, 0.1) is 12.7 Å². The molecule has 1 aromatic rings. The third-order valence-electron chi connectivity index (χ3n) is 3.10. The van der Waals surface area contributed by atoms with E-state index < -0.39 is 0 Å². The molecular formula is C13H18FNO. The number of rotatable bonds is 2. The first kappa shape index (κ1) is 11.4. The van der Waals surface area contributed by atoms with Crippen LogP contribution in [0.15, 0.2) is 18.2 Å². The smallest absolute Gasteiger partial charge is 0.165 e. The first-order valence-electron chi connectivity index (χ1n) is 5.83. The Labute approximate surface area is 95.6 Å². The van der Waals surface area contributed by atoms with Gasteiger partial charge < -0.3 is 10.5 Å². The van der Waals surface area contributed by atoms with E-state index in [1.807, 2.05) is 6.92 Å². The monoisotopic (exact) mass is 223 g/mol. The van der Waals surface area contributed by atoms with Gasteiger partial charge in [-0.2, -0.15) is 0 Å². The second kappa shape index (κ2) is 4.83. The molecule has 1 aliphatic rings. The van der Waals surface area contributed by atoms with Gasteiger partial charge in [0.25, 0.3) is 0 Å². The van der Waals surface area contributed by atoms with Gasteiger partial charge in [0.2, 0.25) is 0 Å². The third kappa shape index (κ3) is 2.73. The molecule has 88 valence electrons. The van der Waals surface area contributed by atoms with Gasteiger partial charge in [-0.1, -0.05) is 6.07 Å². The van der Waals surface area contributed by atoms with E-state index in [-0.39, 0.29) is 11.9 Å². The van der Waals surface area contributed by atoms with E-state index in [0.29, 0.717) is 11.8 Å². The van der Waals surface area contributed by atoms with E-state index >= 15 is 0 Å². The topological polar surface area (TPSA) is 35.2 Å². The summed E-state index contributed by atoms with van der Waals surface area (Å²) < 4.78 is 19.1. The Morgan fingerprint density at radius 2 is 1.94 bits per heavy atom. The number of ether oxygens (including phenoxy) is 1. The van der Waals surface area contributed by atoms with E-state index in [9.17, 15) is 4.39 Å². The van der Waals surface area contributed by atoms with Crippen LogP contribution in [0.3, 0.4) is 0 Å². The van der Waals surface area contributed by atoms with Gasteiger partial charge in [-0.15, -0.1) is 0 Å². The molecule has 0 spiro atoms. The van der Waals surface area contributed by atoms with E-state index in [0.717, 1.165) is 31.2 Å². The van der Waals surface area contributed by atoms with Crippen LogP contribution in [-0.2, 0) is 0 Å². The van der Waals surface area contributed by atoms with Crippen molar-refractivity contribution in [3.63, 3.8) is 0 Å². The first-order chi connectivity index (χ1) is 7.65. The fourth-order valence-corrected chi connectivity index (χ4v) is 2.09. The Kier molecular flexibility index (Phi) is 3.44. The molecule has 0 radical (unpaired) electrons. The number of hydrogen-bond donors (Lipinski definition) is 1. The summed E-state index contributed by atoms with van der Waals surface area (Å²) in [4.78, 5) is 0. The highest BCUT2D eigenvalue weighted by atomic mass is 19.1. The van der Waals surface area contributed by atoms with Crippen molar-refractivity contribution in [1.29, 1.82) is 0 Å². The van der Waals surface area contributed by atoms with Crippen LogP contribution in [0.1, 0.15) is 31.2 Å². The molecule has 0 bridgehead atoms. The summed E-state index contributed by atoms with van der Waals surface area (Å²) in [6, 6.07) is 5.25. The second-order valence-corrected chi connectivity index (χ2v) is 4.59. The molecule has 0 aliphatic heterocycles. The molecule has 1 aromatic carbocycles. The van der Waals surface area contributed by atoms with Crippen molar-refractivity contribution in [3.8, 4) is 5.75 Å². The summed E-state index contributed by atoms with van der Waals surface area (Å²) in [7, 11) is 0. The zero-order chi connectivity index (χ0) is 11.5. The Bertz CT molecular complexity index is 359. The van der Waals surface area contributed by atoms with Gasteiger partial charge in [-0.05, 0) is 50.3 Å². The lowest BCUT2D eigenvalue weighted by molar-refractivity contribution is 0.141. The maximum atomic E-state index is 13.5. The molecule has 2 N–H and O–H groups in total. The molecule has 16 heavy (non-hydrogen) atoms. The number of benzene rings is 1. The highest BCUT2D eigenvalue weighted by Gasteiger charge is 2.20. The molecule has 0 amide bonds. The van der Waals surface area contributed by atoms with Gasteiger partial charge in [0.15, 0.2) is 11.6 Å². The van der Waals surface area contributed by atoms with Crippen molar-refractivity contribution in [2.75, 3.05) is 0 Å². The van der Waals surface area contributed by atoms with Crippen LogP contribution in [0.25, 0.3) is 0 Å². The van der Waals surface area contributed by atoms with Gasteiger partial charge in [-0.25, -0.2) is 4.39 Å². The van der Waals surface area contributed by atoms with Crippen molar-refractivity contribution >= 4 is 0 Å². The number of nitrogens with two attached hydrogens (primary N) is 1. The maximum absolute atomic E-state index is 13.5. The maximum Gasteiger partial charge on any atom is 0.165 e. The highest BCUT2D eigenvalue weighted by Crippen LogP contribution is 2.25. The van der Waals surface area contributed by atoms with Crippen molar-refractivity contribution in [1.82, 2.24) is 0 Å².